The van der Waals surface area contributed by atoms with Crippen LogP contribution in [0.25, 0.3) is 0 Å². The number of carbonyl (C=O) groups excluding carboxylic acids is 1. The summed E-state index contributed by atoms with van der Waals surface area (Å²) in [6.45, 7) is 0. The summed E-state index contributed by atoms with van der Waals surface area (Å²) in [5.74, 6) is -1.18. The molecule has 0 fully saturated rings. The van der Waals surface area contributed by atoms with Gasteiger partial charge in [-0.1, -0.05) is 0 Å². The number of primary amides is 1. The number of halogens is 4. The van der Waals surface area contributed by atoms with Crippen molar-refractivity contribution in [3.63, 3.8) is 0 Å². The summed E-state index contributed by atoms with van der Waals surface area (Å²) in [5, 5.41) is 0. The van der Waals surface area contributed by atoms with Crippen LogP contribution in [0.15, 0.2) is 16.6 Å². The second-order valence-electron chi connectivity index (χ2n) is 2.75. The van der Waals surface area contributed by atoms with Crippen molar-refractivity contribution in [1.29, 1.82) is 0 Å². The highest BCUT2D eigenvalue weighted by atomic mass is 79.9. The number of anilines is 1. The Kier molecular flexibility index (Phi) is 2.94. The maximum atomic E-state index is 12.5. The Morgan fingerprint density at radius 3 is 2.20 bits per heavy atom. The topological polar surface area (TPSA) is 69.1 Å². The molecule has 0 atom stereocenters. The molecule has 0 aliphatic carbocycles. The molecule has 0 unspecified atom stereocenters. The molecule has 0 saturated carbocycles. The van der Waals surface area contributed by atoms with Gasteiger partial charge in [0.05, 0.1) is 11.1 Å². The van der Waals surface area contributed by atoms with Crippen molar-refractivity contribution in [3.05, 3.63) is 27.7 Å². The third-order valence-corrected chi connectivity index (χ3v) is 2.38. The van der Waals surface area contributed by atoms with Gasteiger partial charge in [0.25, 0.3) is 5.91 Å². The number of rotatable bonds is 1. The van der Waals surface area contributed by atoms with Crippen molar-refractivity contribution in [3.8, 4) is 0 Å². The fraction of sp³-hybridized carbons (Fsp3) is 0.125. The van der Waals surface area contributed by atoms with Gasteiger partial charge in [-0.05, 0) is 28.1 Å². The number of alkyl halides is 3. The van der Waals surface area contributed by atoms with Crippen molar-refractivity contribution >= 4 is 27.5 Å². The van der Waals surface area contributed by atoms with Crippen LogP contribution >= 0.6 is 15.9 Å². The molecular weight excluding hydrogens is 277 g/mol. The van der Waals surface area contributed by atoms with Crippen LogP contribution in [0.1, 0.15) is 15.9 Å². The third kappa shape index (κ3) is 2.23. The molecule has 0 aromatic heterocycles. The summed E-state index contributed by atoms with van der Waals surface area (Å²) >= 11 is 2.82. The van der Waals surface area contributed by atoms with Crippen molar-refractivity contribution in [2.24, 2.45) is 5.73 Å². The molecule has 0 spiro atoms. The lowest BCUT2D eigenvalue weighted by Gasteiger charge is -2.14. The lowest BCUT2D eigenvalue weighted by molar-refractivity contribution is -0.137. The predicted octanol–water partition coefficient (Wildman–Crippen LogP) is 2.15. The van der Waals surface area contributed by atoms with Gasteiger partial charge in [0, 0.05) is 10.2 Å². The molecule has 1 amide bonds. The minimum absolute atomic E-state index is 0.0310. The van der Waals surface area contributed by atoms with E-state index in [-0.39, 0.29) is 4.47 Å². The van der Waals surface area contributed by atoms with Gasteiger partial charge >= 0.3 is 6.18 Å². The first kappa shape index (κ1) is 11.8. The van der Waals surface area contributed by atoms with E-state index in [9.17, 15) is 18.0 Å². The van der Waals surface area contributed by atoms with Gasteiger partial charge < -0.3 is 11.5 Å². The molecule has 0 aliphatic heterocycles. The second kappa shape index (κ2) is 3.73. The minimum atomic E-state index is -4.71. The highest BCUT2D eigenvalue weighted by Crippen LogP contribution is 2.38. The van der Waals surface area contributed by atoms with E-state index in [4.69, 9.17) is 11.5 Å². The van der Waals surface area contributed by atoms with E-state index in [1.54, 1.807) is 0 Å². The minimum Gasteiger partial charge on any atom is -0.398 e. The zero-order valence-corrected chi connectivity index (χ0v) is 8.82. The molecule has 1 aromatic carbocycles. The Balaban J connectivity index is 3.60. The van der Waals surface area contributed by atoms with Crippen LogP contribution in [0.4, 0.5) is 18.9 Å². The maximum Gasteiger partial charge on any atom is 0.419 e. The first-order valence-electron chi connectivity index (χ1n) is 3.70. The van der Waals surface area contributed by atoms with Crippen LogP contribution in [-0.4, -0.2) is 5.91 Å². The van der Waals surface area contributed by atoms with Crippen molar-refractivity contribution in [2.75, 3.05) is 5.73 Å². The van der Waals surface area contributed by atoms with Crippen LogP contribution in [0, 0.1) is 0 Å². The number of carbonyl (C=O) groups is 1. The van der Waals surface area contributed by atoms with E-state index >= 15 is 0 Å². The van der Waals surface area contributed by atoms with Crippen LogP contribution < -0.4 is 11.5 Å². The largest absolute Gasteiger partial charge is 0.419 e. The Bertz CT molecular complexity index is 417. The van der Waals surface area contributed by atoms with Crippen LogP contribution in [0.3, 0.4) is 0 Å². The average Bonchev–Trinajstić information content (AvgIpc) is 2.05. The van der Waals surface area contributed by atoms with Gasteiger partial charge in [0.2, 0.25) is 0 Å². The van der Waals surface area contributed by atoms with Gasteiger partial charge in [-0.15, -0.1) is 0 Å². The number of nitrogens with two attached hydrogens (primary N) is 2. The quantitative estimate of drug-likeness (QED) is 0.775. The SMILES string of the molecule is NC(=O)c1c(Br)ccc(N)c1C(F)(F)F. The lowest BCUT2D eigenvalue weighted by atomic mass is 10.0. The molecule has 1 rings (SSSR count). The predicted molar refractivity (Wildman–Crippen MR) is 52.1 cm³/mol. The molecule has 4 N–H and O–H groups in total. The van der Waals surface area contributed by atoms with Crippen molar-refractivity contribution in [2.45, 2.75) is 6.18 Å². The van der Waals surface area contributed by atoms with Crippen molar-refractivity contribution in [1.82, 2.24) is 0 Å². The molecule has 82 valence electrons. The van der Waals surface area contributed by atoms with Gasteiger partial charge in [0.15, 0.2) is 0 Å². The van der Waals surface area contributed by atoms with Gasteiger partial charge in [-0.3, -0.25) is 4.79 Å². The molecular formula is C8H6BrF3N2O. The molecule has 1 aromatic rings. The van der Waals surface area contributed by atoms with Crippen LogP contribution in [-0.2, 0) is 6.18 Å². The van der Waals surface area contributed by atoms with Gasteiger partial charge in [-0.25, -0.2) is 0 Å². The molecule has 15 heavy (non-hydrogen) atoms. The van der Waals surface area contributed by atoms with Crippen LogP contribution in [0.2, 0.25) is 0 Å². The fourth-order valence-corrected chi connectivity index (χ4v) is 1.67. The number of nitrogen functional groups attached to an aromatic ring is 1. The molecule has 0 bridgehead atoms. The van der Waals surface area contributed by atoms with E-state index in [2.05, 4.69) is 15.9 Å². The molecule has 0 heterocycles. The summed E-state index contributed by atoms with van der Waals surface area (Å²) in [6.07, 6.45) is -4.71. The van der Waals surface area contributed by atoms with E-state index in [1.165, 1.54) is 6.07 Å². The third-order valence-electron chi connectivity index (χ3n) is 1.72. The maximum absolute atomic E-state index is 12.5. The smallest absolute Gasteiger partial charge is 0.398 e. The van der Waals surface area contributed by atoms with E-state index in [0.717, 1.165) is 6.07 Å². The number of hydrogen-bond donors (Lipinski definition) is 2. The molecule has 0 aliphatic rings. The fourth-order valence-electron chi connectivity index (χ4n) is 1.14. The molecule has 7 heteroatoms. The van der Waals surface area contributed by atoms with E-state index in [0.29, 0.717) is 0 Å². The zero-order valence-electron chi connectivity index (χ0n) is 7.23. The Morgan fingerprint density at radius 2 is 1.87 bits per heavy atom. The first-order valence-corrected chi connectivity index (χ1v) is 4.49. The number of amides is 1. The highest BCUT2D eigenvalue weighted by Gasteiger charge is 2.38. The van der Waals surface area contributed by atoms with Crippen LogP contribution in [0.5, 0.6) is 0 Å². The van der Waals surface area contributed by atoms with Gasteiger partial charge in [-0.2, -0.15) is 13.2 Å². The summed E-state index contributed by atoms with van der Waals surface area (Å²) in [5.41, 5.74) is 7.64. The normalized spacial score (nSPS) is 11.5. The number of benzene rings is 1. The average molecular weight is 283 g/mol. The summed E-state index contributed by atoms with van der Waals surface area (Å²) in [6, 6.07) is 2.30. The first-order chi connectivity index (χ1) is 6.75. The Morgan fingerprint density at radius 1 is 1.33 bits per heavy atom. The monoisotopic (exact) mass is 282 g/mol. The Hall–Kier alpha value is -1.24. The standard InChI is InChI=1S/C8H6BrF3N2O/c9-3-1-2-4(13)6(8(10,11)12)5(3)7(14)15/h1-2H,13H2,(H2,14,15). The number of hydrogen-bond acceptors (Lipinski definition) is 2. The van der Waals surface area contributed by atoms with E-state index < -0.39 is 28.9 Å². The highest BCUT2D eigenvalue weighted by molar-refractivity contribution is 9.10. The molecule has 0 saturated heterocycles. The van der Waals surface area contributed by atoms with E-state index in [1.807, 2.05) is 0 Å². The second-order valence-corrected chi connectivity index (χ2v) is 3.60. The summed E-state index contributed by atoms with van der Waals surface area (Å²) in [4.78, 5) is 10.9. The van der Waals surface area contributed by atoms with Gasteiger partial charge in [0.1, 0.15) is 0 Å². The van der Waals surface area contributed by atoms with Crippen molar-refractivity contribution < 1.29 is 18.0 Å². The summed E-state index contributed by atoms with van der Waals surface area (Å²) in [7, 11) is 0. The summed E-state index contributed by atoms with van der Waals surface area (Å²) < 4.78 is 37.6. The molecule has 3 nitrogen and oxygen atoms in total. The zero-order chi connectivity index (χ0) is 11.8. The molecule has 0 radical (unpaired) electrons. The lowest BCUT2D eigenvalue weighted by Crippen LogP contribution is -2.21. The Labute approximate surface area is 91.4 Å².